The first-order chi connectivity index (χ1) is 13.0. The van der Waals surface area contributed by atoms with E-state index in [0.29, 0.717) is 5.78 Å². The van der Waals surface area contributed by atoms with Crippen molar-refractivity contribution in [3.8, 4) is 0 Å². The van der Waals surface area contributed by atoms with Crippen LogP contribution in [0.15, 0.2) is 24.3 Å². The molecule has 148 valence electrons. The number of carbonyl (C=O) groups is 2. The summed E-state index contributed by atoms with van der Waals surface area (Å²) in [5.74, 6) is -0.202. The van der Waals surface area contributed by atoms with E-state index in [1.165, 1.54) is 30.4 Å². The summed E-state index contributed by atoms with van der Waals surface area (Å²) in [5, 5.41) is 9.24. The highest BCUT2D eigenvalue weighted by Gasteiger charge is 2.49. The fourth-order valence-corrected chi connectivity index (χ4v) is 4.35. The Morgan fingerprint density at radius 2 is 1.37 bits per heavy atom. The van der Waals surface area contributed by atoms with Crippen molar-refractivity contribution in [2.75, 3.05) is 0 Å². The van der Waals surface area contributed by atoms with Crippen molar-refractivity contribution >= 4 is 11.8 Å². The monoisotopic (exact) mass is 370 g/mol. The molecule has 3 nitrogen and oxygen atoms in total. The predicted octanol–water partition coefficient (Wildman–Crippen LogP) is 5.74. The molecule has 27 heavy (non-hydrogen) atoms. The first-order valence-electron chi connectivity index (χ1n) is 10.8. The number of benzene rings is 1. The van der Waals surface area contributed by atoms with Gasteiger partial charge in [0.15, 0.2) is 0 Å². The minimum atomic E-state index is -0.597. The van der Waals surface area contributed by atoms with Crippen LogP contribution in [0.2, 0.25) is 0 Å². The summed E-state index contributed by atoms with van der Waals surface area (Å²) < 4.78 is 0. The third-order valence-electron chi connectivity index (χ3n) is 6.89. The average molecular weight is 371 g/mol. The minimum absolute atomic E-state index is 0.0690. The van der Waals surface area contributed by atoms with E-state index >= 15 is 0 Å². The van der Waals surface area contributed by atoms with Crippen molar-refractivity contribution in [1.29, 1.82) is 0 Å². The second-order valence-corrected chi connectivity index (χ2v) is 9.01. The fourth-order valence-electron chi connectivity index (χ4n) is 4.35. The number of aryl methyl sites for hydroxylation is 2. The van der Waals surface area contributed by atoms with Gasteiger partial charge in [0.2, 0.25) is 0 Å². The molecule has 2 fully saturated rings. The van der Waals surface area contributed by atoms with Gasteiger partial charge in [-0.1, -0.05) is 43.5 Å². The molecule has 0 aliphatic heterocycles. The highest BCUT2D eigenvalue weighted by molar-refractivity contribution is 5.84. The molecule has 0 radical (unpaired) electrons. The number of Topliss-reactive ketones (excluding diaryl/α,β-unsaturated/α-hetero) is 1. The SMILES string of the molecule is CC(=O)C1(CCCCCc2cccc(CCCCC3(C(=O)O)CC3)c2)CC1. The Balaban J connectivity index is 1.31. The summed E-state index contributed by atoms with van der Waals surface area (Å²) >= 11 is 0. The second-order valence-electron chi connectivity index (χ2n) is 9.01. The van der Waals surface area contributed by atoms with Gasteiger partial charge in [0.25, 0.3) is 0 Å². The molecule has 3 rings (SSSR count). The zero-order valence-corrected chi connectivity index (χ0v) is 16.8. The second kappa shape index (κ2) is 8.58. The summed E-state index contributed by atoms with van der Waals surface area (Å²) in [7, 11) is 0. The zero-order valence-electron chi connectivity index (χ0n) is 16.8. The summed E-state index contributed by atoms with van der Waals surface area (Å²) in [4.78, 5) is 22.8. The molecular weight excluding hydrogens is 336 g/mol. The van der Waals surface area contributed by atoms with E-state index in [9.17, 15) is 14.7 Å². The van der Waals surface area contributed by atoms with E-state index in [1.807, 2.05) is 0 Å². The van der Waals surface area contributed by atoms with Crippen LogP contribution in [-0.2, 0) is 22.4 Å². The average Bonchev–Trinajstić information content (AvgIpc) is 3.54. The summed E-state index contributed by atoms with van der Waals surface area (Å²) in [6, 6.07) is 8.88. The molecule has 1 aromatic carbocycles. The summed E-state index contributed by atoms with van der Waals surface area (Å²) in [6.45, 7) is 1.75. The molecule has 1 aromatic rings. The van der Waals surface area contributed by atoms with Crippen LogP contribution in [0.1, 0.15) is 88.7 Å². The van der Waals surface area contributed by atoms with Gasteiger partial charge in [-0.25, -0.2) is 0 Å². The number of unbranched alkanes of at least 4 members (excludes halogenated alkanes) is 3. The van der Waals surface area contributed by atoms with Gasteiger partial charge in [-0.3, -0.25) is 9.59 Å². The molecule has 0 saturated heterocycles. The first kappa shape index (κ1) is 20.1. The third-order valence-corrected chi connectivity index (χ3v) is 6.89. The molecule has 0 bridgehead atoms. The molecule has 0 spiro atoms. The molecule has 2 aliphatic carbocycles. The largest absolute Gasteiger partial charge is 0.481 e. The van der Waals surface area contributed by atoms with Crippen LogP contribution < -0.4 is 0 Å². The van der Waals surface area contributed by atoms with E-state index in [0.717, 1.165) is 64.2 Å². The maximum Gasteiger partial charge on any atom is 0.309 e. The lowest BCUT2D eigenvalue weighted by atomic mass is 9.93. The number of hydrogen-bond donors (Lipinski definition) is 1. The number of rotatable bonds is 13. The smallest absolute Gasteiger partial charge is 0.309 e. The van der Waals surface area contributed by atoms with Gasteiger partial charge in [-0.2, -0.15) is 0 Å². The zero-order chi connectivity index (χ0) is 19.3. The van der Waals surface area contributed by atoms with Crippen LogP contribution >= 0.6 is 0 Å². The lowest BCUT2D eigenvalue weighted by molar-refractivity contribution is -0.143. The maximum atomic E-state index is 11.6. The number of carboxylic acid groups (broad SMARTS) is 1. The Morgan fingerprint density at radius 1 is 0.852 bits per heavy atom. The Bertz CT molecular complexity index is 668. The van der Waals surface area contributed by atoms with E-state index in [1.54, 1.807) is 6.92 Å². The van der Waals surface area contributed by atoms with Crippen LogP contribution in [0, 0.1) is 10.8 Å². The Labute approximate surface area is 163 Å². The topological polar surface area (TPSA) is 54.4 Å². The quantitative estimate of drug-likeness (QED) is 0.451. The standard InChI is InChI=1S/C24H34O3/c1-19(25)23(14-15-23)12-5-2-3-8-20-10-7-11-21(18-20)9-4-6-13-24(16-17-24)22(26)27/h7,10-11,18H,2-6,8-9,12-17H2,1H3,(H,26,27). The van der Waals surface area contributed by atoms with E-state index in [-0.39, 0.29) is 10.8 Å². The normalized spacial score (nSPS) is 18.9. The molecule has 0 aromatic heterocycles. The van der Waals surface area contributed by atoms with Gasteiger partial charge in [0.1, 0.15) is 5.78 Å². The Morgan fingerprint density at radius 3 is 1.89 bits per heavy atom. The molecule has 0 heterocycles. The first-order valence-corrected chi connectivity index (χ1v) is 10.8. The van der Waals surface area contributed by atoms with Crippen LogP contribution in [0.4, 0.5) is 0 Å². The molecule has 2 saturated carbocycles. The van der Waals surface area contributed by atoms with Crippen molar-refractivity contribution < 1.29 is 14.7 Å². The molecule has 0 atom stereocenters. The van der Waals surface area contributed by atoms with Gasteiger partial charge in [0, 0.05) is 5.41 Å². The van der Waals surface area contributed by atoms with Gasteiger partial charge in [-0.05, 0) is 82.3 Å². The van der Waals surface area contributed by atoms with Gasteiger partial charge in [0.05, 0.1) is 5.41 Å². The highest BCUT2D eigenvalue weighted by Crippen LogP contribution is 2.51. The van der Waals surface area contributed by atoms with Crippen LogP contribution in [0.25, 0.3) is 0 Å². The molecular formula is C24H34O3. The summed E-state index contributed by atoms with van der Waals surface area (Å²) in [5.41, 5.74) is 2.48. The van der Waals surface area contributed by atoms with Crippen molar-refractivity contribution in [3.05, 3.63) is 35.4 Å². The van der Waals surface area contributed by atoms with Crippen molar-refractivity contribution in [3.63, 3.8) is 0 Å². The molecule has 2 aliphatic rings. The molecule has 1 N–H and O–H groups in total. The third kappa shape index (κ3) is 5.43. The van der Waals surface area contributed by atoms with Crippen molar-refractivity contribution in [2.24, 2.45) is 10.8 Å². The highest BCUT2D eigenvalue weighted by atomic mass is 16.4. The number of carboxylic acids is 1. The van der Waals surface area contributed by atoms with Crippen molar-refractivity contribution in [2.45, 2.75) is 90.4 Å². The van der Waals surface area contributed by atoms with E-state index in [4.69, 9.17) is 0 Å². The molecule has 0 unspecified atom stereocenters. The predicted molar refractivity (Wildman–Crippen MR) is 108 cm³/mol. The number of ketones is 1. The Hall–Kier alpha value is -1.64. The van der Waals surface area contributed by atoms with Gasteiger partial charge in [-0.15, -0.1) is 0 Å². The molecule has 0 amide bonds. The van der Waals surface area contributed by atoms with E-state index < -0.39 is 5.97 Å². The fraction of sp³-hybridized carbons (Fsp3) is 0.667. The molecule has 3 heteroatoms. The maximum absolute atomic E-state index is 11.6. The number of aliphatic carboxylic acids is 1. The lowest BCUT2D eigenvalue weighted by Gasteiger charge is -2.11. The van der Waals surface area contributed by atoms with Gasteiger partial charge >= 0.3 is 5.97 Å². The van der Waals surface area contributed by atoms with Gasteiger partial charge < -0.3 is 5.11 Å². The van der Waals surface area contributed by atoms with Crippen LogP contribution in [-0.4, -0.2) is 16.9 Å². The Kier molecular flexibility index (Phi) is 6.39. The number of carbonyl (C=O) groups excluding carboxylic acids is 1. The lowest BCUT2D eigenvalue weighted by Crippen LogP contribution is -2.14. The van der Waals surface area contributed by atoms with Crippen molar-refractivity contribution in [1.82, 2.24) is 0 Å². The van der Waals surface area contributed by atoms with Crippen LogP contribution in [0.5, 0.6) is 0 Å². The number of hydrogen-bond acceptors (Lipinski definition) is 2. The van der Waals surface area contributed by atoms with E-state index in [2.05, 4.69) is 24.3 Å². The summed E-state index contributed by atoms with van der Waals surface area (Å²) in [6.07, 6.45) is 13.7. The van der Waals surface area contributed by atoms with Crippen LogP contribution in [0.3, 0.4) is 0 Å². The minimum Gasteiger partial charge on any atom is -0.481 e.